The van der Waals surface area contributed by atoms with Crippen molar-refractivity contribution in [3.63, 3.8) is 0 Å². The van der Waals surface area contributed by atoms with Gasteiger partial charge in [-0.3, -0.25) is 23.9 Å². The molecule has 2 N–H and O–H groups in total. The van der Waals surface area contributed by atoms with E-state index in [0.717, 1.165) is 23.0 Å². The lowest BCUT2D eigenvalue weighted by Gasteiger charge is -2.20. The zero-order chi connectivity index (χ0) is 29.3. The summed E-state index contributed by atoms with van der Waals surface area (Å²) in [5.41, 5.74) is 1.55. The van der Waals surface area contributed by atoms with Crippen LogP contribution in [-0.4, -0.2) is 54.5 Å². The maximum Gasteiger partial charge on any atom is 0.326 e. The van der Waals surface area contributed by atoms with E-state index in [1.54, 1.807) is 56.6 Å². The van der Waals surface area contributed by atoms with Gasteiger partial charge < -0.3 is 15.5 Å². The number of thiophene rings is 1. The molecule has 0 spiro atoms. The highest BCUT2D eigenvalue weighted by atomic mass is 35.5. The summed E-state index contributed by atoms with van der Waals surface area (Å²) in [4.78, 5) is 54.2. The molecule has 1 atom stereocenters. The number of nitrogens with one attached hydrogen (secondary N) is 2. The molecule has 0 radical (unpaired) electrons. The topological polar surface area (TPSA) is 104 Å². The molecule has 9 nitrogen and oxygen atoms in total. The van der Waals surface area contributed by atoms with Crippen molar-refractivity contribution in [2.45, 2.75) is 5.92 Å². The van der Waals surface area contributed by atoms with E-state index in [0.29, 0.717) is 26.2 Å². The van der Waals surface area contributed by atoms with Crippen molar-refractivity contribution < 1.29 is 18.8 Å². The van der Waals surface area contributed by atoms with Crippen LogP contribution in [0.15, 0.2) is 77.7 Å². The Morgan fingerprint density at radius 2 is 1.88 bits per heavy atom. The van der Waals surface area contributed by atoms with Crippen molar-refractivity contribution in [3.8, 4) is 5.69 Å². The molecule has 12 heteroatoms. The molecule has 1 aliphatic heterocycles. The van der Waals surface area contributed by atoms with Gasteiger partial charge in [0.25, 0.3) is 17.4 Å². The normalized spacial score (nSPS) is 14.0. The van der Waals surface area contributed by atoms with E-state index in [1.807, 2.05) is 0 Å². The van der Waals surface area contributed by atoms with E-state index in [4.69, 9.17) is 11.6 Å². The molecule has 2 aromatic heterocycles. The Labute approximate surface area is 243 Å². The number of halogens is 2. The van der Waals surface area contributed by atoms with Gasteiger partial charge in [-0.1, -0.05) is 23.7 Å². The van der Waals surface area contributed by atoms with Crippen LogP contribution in [0.1, 0.15) is 31.5 Å². The first-order valence-corrected chi connectivity index (χ1v) is 13.8. The van der Waals surface area contributed by atoms with Gasteiger partial charge in [0.05, 0.1) is 20.6 Å². The Morgan fingerprint density at radius 1 is 1.07 bits per heavy atom. The average Bonchev–Trinajstić information content (AvgIpc) is 3.56. The molecule has 0 fully saturated rings. The molecule has 4 amide bonds. The fourth-order valence-corrected chi connectivity index (χ4v) is 5.58. The van der Waals surface area contributed by atoms with E-state index in [9.17, 15) is 19.2 Å². The van der Waals surface area contributed by atoms with Gasteiger partial charge in [-0.2, -0.15) is 0 Å². The van der Waals surface area contributed by atoms with Crippen LogP contribution in [0.2, 0.25) is 4.34 Å². The van der Waals surface area contributed by atoms with Gasteiger partial charge in [0.2, 0.25) is 0 Å². The lowest BCUT2D eigenvalue weighted by atomic mass is 9.99. The molecule has 210 valence electrons. The fourth-order valence-electron chi connectivity index (χ4n) is 4.62. The molecule has 2 aromatic carbocycles. The number of hydrogen-bond acceptors (Lipinski definition) is 5. The highest BCUT2D eigenvalue weighted by Crippen LogP contribution is 2.37. The van der Waals surface area contributed by atoms with Crippen LogP contribution in [0.4, 0.5) is 20.6 Å². The average molecular weight is 594 g/mol. The Balaban J connectivity index is 1.39. The van der Waals surface area contributed by atoms with E-state index < -0.39 is 11.8 Å². The fraction of sp³-hybridized carbons (Fsp3) is 0.172. The number of carbonyl (C=O) groups excluding carboxylic acids is 3. The number of pyridine rings is 1. The van der Waals surface area contributed by atoms with Crippen molar-refractivity contribution in [2.24, 2.45) is 0 Å². The number of nitrogens with zero attached hydrogens (tertiary/aromatic N) is 3. The second-order valence-electron chi connectivity index (χ2n) is 9.60. The van der Waals surface area contributed by atoms with Crippen molar-refractivity contribution in [1.29, 1.82) is 0 Å². The molecular weight excluding hydrogens is 569 g/mol. The minimum absolute atomic E-state index is 0.0730. The van der Waals surface area contributed by atoms with Gasteiger partial charge >= 0.3 is 6.03 Å². The predicted molar refractivity (Wildman–Crippen MR) is 157 cm³/mol. The monoisotopic (exact) mass is 593 g/mol. The lowest BCUT2D eigenvalue weighted by molar-refractivity contribution is 0.0827. The number of urea groups is 1. The number of anilines is 2. The molecule has 5 rings (SSSR count). The number of carbonyl (C=O) groups is 3. The summed E-state index contributed by atoms with van der Waals surface area (Å²) in [5.74, 6) is -1.53. The Bertz CT molecular complexity index is 1720. The molecule has 3 heterocycles. The molecule has 0 saturated carbocycles. The molecule has 41 heavy (non-hydrogen) atoms. The number of hydrogen-bond donors (Lipinski definition) is 2. The zero-order valence-electron chi connectivity index (χ0n) is 22.1. The van der Waals surface area contributed by atoms with Crippen LogP contribution in [0.3, 0.4) is 0 Å². The van der Waals surface area contributed by atoms with Gasteiger partial charge in [0.15, 0.2) is 0 Å². The van der Waals surface area contributed by atoms with Crippen molar-refractivity contribution >= 4 is 52.2 Å². The van der Waals surface area contributed by atoms with E-state index >= 15 is 4.39 Å². The Kier molecular flexibility index (Phi) is 7.91. The van der Waals surface area contributed by atoms with Gasteiger partial charge in [0.1, 0.15) is 5.82 Å². The third kappa shape index (κ3) is 5.86. The van der Waals surface area contributed by atoms with E-state index in [1.165, 1.54) is 38.8 Å². The van der Waals surface area contributed by atoms with Crippen molar-refractivity contribution in [3.05, 3.63) is 109 Å². The first kappa shape index (κ1) is 28.1. The molecule has 0 saturated heterocycles. The summed E-state index contributed by atoms with van der Waals surface area (Å²) in [6.07, 6.45) is 1.52. The second-order valence-corrected chi connectivity index (χ2v) is 11.3. The Morgan fingerprint density at radius 3 is 2.56 bits per heavy atom. The summed E-state index contributed by atoms with van der Waals surface area (Å²) in [6, 6.07) is 16.4. The molecule has 0 aliphatic carbocycles. The lowest BCUT2D eigenvalue weighted by Crippen LogP contribution is -2.36. The Hall–Kier alpha value is -4.48. The van der Waals surface area contributed by atoms with Gasteiger partial charge in [-0.15, -0.1) is 11.3 Å². The number of benzene rings is 2. The quantitative estimate of drug-likeness (QED) is 0.330. The maximum absolute atomic E-state index is 15.1. The second kappa shape index (κ2) is 11.6. The van der Waals surface area contributed by atoms with Crippen LogP contribution in [0.5, 0.6) is 0 Å². The SMILES string of the molecule is CN(C)C(=O)c1ccc2c(c1)N(C(=O)Nc1ccc(-n3ccccc3=O)cc1F)CC2CNC(=O)c1ccc(Cl)s1. The molecule has 4 aromatic rings. The van der Waals surface area contributed by atoms with Crippen LogP contribution < -0.4 is 21.1 Å². The molecule has 1 aliphatic rings. The minimum Gasteiger partial charge on any atom is -0.351 e. The first-order chi connectivity index (χ1) is 19.6. The molecule has 1 unspecified atom stereocenters. The maximum atomic E-state index is 15.1. The number of aromatic nitrogens is 1. The third-order valence-electron chi connectivity index (χ3n) is 6.66. The van der Waals surface area contributed by atoms with Gasteiger partial charge in [0, 0.05) is 62.7 Å². The van der Waals surface area contributed by atoms with E-state index in [-0.39, 0.29) is 42.1 Å². The summed E-state index contributed by atoms with van der Waals surface area (Å²) >= 11 is 7.12. The van der Waals surface area contributed by atoms with E-state index in [2.05, 4.69) is 10.6 Å². The number of fused-ring (bicyclic) bond motifs is 1. The summed E-state index contributed by atoms with van der Waals surface area (Å²) < 4.78 is 16.9. The summed E-state index contributed by atoms with van der Waals surface area (Å²) in [5, 5.41) is 5.49. The van der Waals surface area contributed by atoms with Crippen LogP contribution >= 0.6 is 22.9 Å². The summed E-state index contributed by atoms with van der Waals surface area (Å²) in [6.45, 7) is 0.409. The van der Waals surface area contributed by atoms with Crippen LogP contribution in [-0.2, 0) is 0 Å². The highest BCUT2D eigenvalue weighted by Gasteiger charge is 2.34. The zero-order valence-corrected chi connectivity index (χ0v) is 23.6. The molecule has 0 bridgehead atoms. The summed E-state index contributed by atoms with van der Waals surface area (Å²) in [7, 11) is 3.26. The number of rotatable bonds is 6. The molecular formula is C29H25ClFN5O4S. The van der Waals surface area contributed by atoms with Crippen LogP contribution in [0, 0.1) is 5.82 Å². The highest BCUT2D eigenvalue weighted by molar-refractivity contribution is 7.18. The number of amides is 4. The smallest absolute Gasteiger partial charge is 0.326 e. The largest absolute Gasteiger partial charge is 0.351 e. The van der Waals surface area contributed by atoms with Gasteiger partial charge in [-0.05, 0) is 48.0 Å². The third-order valence-corrected chi connectivity index (χ3v) is 7.89. The van der Waals surface area contributed by atoms with Crippen molar-refractivity contribution in [1.82, 2.24) is 14.8 Å². The predicted octanol–water partition coefficient (Wildman–Crippen LogP) is 4.96. The first-order valence-electron chi connectivity index (χ1n) is 12.6. The standard InChI is InChI=1S/C29H25ClFN5O4S/c1-34(2)28(39)17-6-8-20-18(15-32-27(38)24-10-11-25(30)41-24)16-36(23(20)13-17)29(40)33-22-9-7-19(14-21(22)31)35-12-4-3-5-26(35)37/h3-14,18H,15-16H2,1-2H3,(H,32,38)(H,33,40). The van der Waals surface area contributed by atoms with Gasteiger partial charge in [-0.25, -0.2) is 9.18 Å². The van der Waals surface area contributed by atoms with Crippen LogP contribution in [0.25, 0.3) is 5.69 Å². The van der Waals surface area contributed by atoms with Crippen molar-refractivity contribution in [2.75, 3.05) is 37.4 Å². The minimum atomic E-state index is -0.721.